The van der Waals surface area contributed by atoms with Gasteiger partial charge in [-0.2, -0.15) is 0 Å². The number of hydrogen-bond donors (Lipinski definition) is 0. The third kappa shape index (κ3) is 3.54. The van der Waals surface area contributed by atoms with Crippen molar-refractivity contribution < 1.29 is 4.74 Å². The van der Waals surface area contributed by atoms with Gasteiger partial charge < -0.3 is 9.64 Å². The lowest BCUT2D eigenvalue weighted by molar-refractivity contribution is -0.122. The van der Waals surface area contributed by atoms with E-state index in [0.29, 0.717) is 0 Å². The minimum absolute atomic E-state index is 0.0728. The maximum atomic E-state index is 6.73. The molecular formula is C32H31NO. The van der Waals surface area contributed by atoms with Gasteiger partial charge in [-0.1, -0.05) is 73.5 Å². The number of para-hydroxylation sites is 2. The third-order valence-corrected chi connectivity index (χ3v) is 7.49. The maximum Gasteiger partial charge on any atom is 0.0946 e. The molecule has 0 N–H and O–H groups in total. The van der Waals surface area contributed by atoms with Crippen LogP contribution in [0.25, 0.3) is 11.1 Å². The number of rotatable bonds is 4. The van der Waals surface area contributed by atoms with Gasteiger partial charge in [0.15, 0.2) is 0 Å². The van der Waals surface area contributed by atoms with E-state index < -0.39 is 0 Å². The maximum absolute atomic E-state index is 6.73. The molecule has 2 heteroatoms. The molecule has 0 saturated heterocycles. The molecule has 1 aliphatic heterocycles. The monoisotopic (exact) mass is 445 g/mol. The third-order valence-electron chi connectivity index (χ3n) is 7.49. The van der Waals surface area contributed by atoms with Gasteiger partial charge in [0.25, 0.3) is 0 Å². The number of ether oxygens (including phenoxy) is 1. The summed E-state index contributed by atoms with van der Waals surface area (Å²) in [7, 11) is 0. The molecule has 0 unspecified atom stereocenters. The minimum Gasteiger partial charge on any atom is -0.360 e. The second kappa shape index (κ2) is 8.14. The van der Waals surface area contributed by atoms with Gasteiger partial charge in [-0.05, 0) is 91.4 Å². The molecule has 1 heterocycles. The van der Waals surface area contributed by atoms with Crippen molar-refractivity contribution in [2.24, 2.45) is 0 Å². The highest BCUT2D eigenvalue weighted by molar-refractivity contribution is 5.80. The minimum atomic E-state index is -0.257. The van der Waals surface area contributed by atoms with Crippen LogP contribution in [0.1, 0.15) is 50.7 Å². The van der Waals surface area contributed by atoms with E-state index in [-0.39, 0.29) is 11.2 Å². The summed E-state index contributed by atoms with van der Waals surface area (Å²) in [4.78, 5) is 2.32. The Balaban J connectivity index is 1.43. The fourth-order valence-corrected chi connectivity index (χ4v) is 5.96. The standard InChI is InChI=1S/C32H31NO/c1-31(2)30-23-25(18-19-29(30)32(34-31)20-9-10-21-32)24-12-11-17-28(22-24)33(26-13-5-3-6-14-26)27-15-7-4-8-16-27/h3-8,11-19,22-23H,9-10,20-21H2,1-2H3. The molecule has 0 atom stereocenters. The highest BCUT2D eigenvalue weighted by atomic mass is 16.5. The Labute approximate surface area is 202 Å². The second-order valence-corrected chi connectivity index (χ2v) is 10.1. The average molecular weight is 446 g/mol. The summed E-state index contributed by atoms with van der Waals surface area (Å²) in [6.45, 7) is 4.46. The molecule has 2 nitrogen and oxygen atoms in total. The van der Waals surface area contributed by atoms with Gasteiger partial charge in [-0.15, -0.1) is 0 Å². The molecule has 34 heavy (non-hydrogen) atoms. The van der Waals surface area contributed by atoms with Crippen LogP contribution in [0.2, 0.25) is 0 Å². The zero-order valence-electron chi connectivity index (χ0n) is 20.0. The fraction of sp³-hybridized carbons (Fsp3) is 0.250. The molecule has 0 radical (unpaired) electrons. The Morgan fingerprint density at radius 2 is 1.18 bits per heavy atom. The van der Waals surface area contributed by atoms with E-state index in [1.165, 1.54) is 35.1 Å². The first-order valence-corrected chi connectivity index (χ1v) is 12.4. The van der Waals surface area contributed by atoms with Crippen molar-refractivity contribution in [1.82, 2.24) is 0 Å². The molecular weight excluding hydrogens is 414 g/mol. The van der Waals surface area contributed by atoms with Crippen molar-refractivity contribution >= 4 is 17.1 Å². The van der Waals surface area contributed by atoms with E-state index in [2.05, 4.69) is 122 Å². The highest BCUT2D eigenvalue weighted by Crippen LogP contribution is 2.55. The number of hydrogen-bond acceptors (Lipinski definition) is 2. The zero-order valence-corrected chi connectivity index (χ0v) is 20.0. The molecule has 0 aromatic heterocycles. The molecule has 1 fully saturated rings. The van der Waals surface area contributed by atoms with Crippen LogP contribution in [-0.4, -0.2) is 0 Å². The zero-order chi connectivity index (χ0) is 23.2. The summed E-state index contributed by atoms with van der Waals surface area (Å²) < 4.78 is 6.73. The van der Waals surface area contributed by atoms with Gasteiger partial charge in [0.05, 0.1) is 11.2 Å². The van der Waals surface area contributed by atoms with Gasteiger partial charge in [0.1, 0.15) is 0 Å². The van der Waals surface area contributed by atoms with Gasteiger partial charge in [-0.25, -0.2) is 0 Å². The Bertz CT molecular complexity index is 1260. The van der Waals surface area contributed by atoms with Crippen LogP contribution >= 0.6 is 0 Å². The number of benzene rings is 4. The van der Waals surface area contributed by atoms with Crippen molar-refractivity contribution in [3.63, 3.8) is 0 Å². The van der Waals surface area contributed by atoms with Crippen LogP contribution < -0.4 is 4.90 Å². The van der Waals surface area contributed by atoms with Crippen LogP contribution in [0.5, 0.6) is 0 Å². The quantitative estimate of drug-likeness (QED) is 0.311. The number of fused-ring (bicyclic) bond motifs is 2. The van der Waals surface area contributed by atoms with E-state index in [0.717, 1.165) is 29.9 Å². The first-order valence-electron chi connectivity index (χ1n) is 12.4. The molecule has 0 bridgehead atoms. The predicted octanol–water partition coefficient (Wildman–Crippen LogP) is 8.86. The first kappa shape index (κ1) is 21.2. The van der Waals surface area contributed by atoms with Crippen LogP contribution in [0.3, 0.4) is 0 Å². The van der Waals surface area contributed by atoms with Gasteiger partial charge in [-0.3, -0.25) is 0 Å². The summed E-state index contributed by atoms with van der Waals surface area (Å²) in [6.07, 6.45) is 4.80. The van der Waals surface area contributed by atoms with Gasteiger partial charge in [0.2, 0.25) is 0 Å². The van der Waals surface area contributed by atoms with Crippen LogP contribution in [0, 0.1) is 0 Å². The number of anilines is 3. The Morgan fingerprint density at radius 1 is 0.588 bits per heavy atom. The summed E-state index contributed by atoms with van der Waals surface area (Å²) in [5, 5.41) is 0. The normalized spacial score (nSPS) is 17.6. The van der Waals surface area contributed by atoms with E-state index in [1.54, 1.807) is 0 Å². The summed E-state index contributed by atoms with van der Waals surface area (Å²) in [5.74, 6) is 0. The average Bonchev–Trinajstić information content (AvgIpc) is 3.42. The SMILES string of the molecule is CC1(C)OC2(CCCC2)c2ccc(-c3cccc(N(c4ccccc4)c4ccccc4)c3)cc21. The lowest BCUT2D eigenvalue weighted by atomic mass is 9.85. The van der Waals surface area contributed by atoms with E-state index >= 15 is 0 Å². The van der Waals surface area contributed by atoms with Crippen LogP contribution in [0.15, 0.2) is 103 Å². The molecule has 1 saturated carbocycles. The first-order chi connectivity index (χ1) is 16.6. The Morgan fingerprint density at radius 3 is 1.82 bits per heavy atom. The topological polar surface area (TPSA) is 12.5 Å². The molecule has 4 aromatic carbocycles. The molecule has 1 aliphatic carbocycles. The second-order valence-electron chi connectivity index (χ2n) is 10.1. The molecule has 0 amide bonds. The summed E-state index contributed by atoms with van der Waals surface area (Å²) in [6, 6.07) is 37.0. The lowest BCUT2D eigenvalue weighted by Gasteiger charge is -2.28. The summed E-state index contributed by atoms with van der Waals surface area (Å²) >= 11 is 0. The molecule has 6 rings (SSSR count). The fourth-order valence-electron chi connectivity index (χ4n) is 5.96. The van der Waals surface area contributed by atoms with E-state index in [4.69, 9.17) is 4.74 Å². The Hall–Kier alpha value is -3.36. The molecule has 1 spiro atoms. The number of nitrogens with zero attached hydrogens (tertiary/aromatic N) is 1. The van der Waals surface area contributed by atoms with Crippen molar-refractivity contribution in [2.45, 2.75) is 50.7 Å². The van der Waals surface area contributed by atoms with Crippen LogP contribution in [-0.2, 0) is 15.9 Å². The van der Waals surface area contributed by atoms with Gasteiger partial charge in [0, 0.05) is 17.1 Å². The smallest absolute Gasteiger partial charge is 0.0946 e. The molecule has 4 aromatic rings. The van der Waals surface area contributed by atoms with Crippen LogP contribution in [0.4, 0.5) is 17.1 Å². The Kier molecular flexibility index (Phi) is 5.08. The predicted molar refractivity (Wildman–Crippen MR) is 141 cm³/mol. The molecule has 170 valence electrons. The van der Waals surface area contributed by atoms with E-state index in [1.807, 2.05) is 0 Å². The lowest BCUT2D eigenvalue weighted by Crippen LogP contribution is -2.25. The van der Waals surface area contributed by atoms with Crippen molar-refractivity contribution in [2.75, 3.05) is 4.90 Å². The van der Waals surface area contributed by atoms with Gasteiger partial charge >= 0.3 is 0 Å². The molecule has 2 aliphatic rings. The van der Waals surface area contributed by atoms with Crippen molar-refractivity contribution in [3.8, 4) is 11.1 Å². The van der Waals surface area contributed by atoms with Crippen molar-refractivity contribution in [1.29, 1.82) is 0 Å². The summed E-state index contributed by atoms with van der Waals surface area (Å²) in [5.41, 5.74) is 8.34. The largest absolute Gasteiger partial charge is 0.360 e. The highest BCUT2D eigenvalue weighted by Gasteiger charge is 2.50. The van der Waals surface area contributed by atoms with Crippen molar-refractivity contribution in [3.05, 3.63) is 114 Å². The van der Waals surface area contributed by atoms with E-state index in [9.17, 15) is 0 Å².